The third-order valence-corrected chi connectivity index (χ3v) is 10.5. The number of rotatable bonds is 11. The van der Waals surface area contributed by atoms with E-state index < -0.39 is 65.3 Å². The van der Waals surface area contributed by atoms with E-state index in [1.807, 2.05) is 20.8 Å². The number of amides is 2. The van der Waals surface area contributed by atoms with E-state index in [2.05, 4.69) is 20.6 Å². The van der Waals surface area contributed by atoms with E-state index in [4.69, 9.17) is 13.6 Å². The van der Waals surface area contributed by atoms with Gasteiger partial charge in [-0.05, 0) is 77.6 Å². The molecule has 13 nitrogen and oxygen atoms in total. The molecule has 54 heavy (non-hydrogen) atoms. The lowest BCUT2D eigenvalue weighted by atomic mass is 9.86. The number of halogens is 3. The molecule has 0 aliphatic heterocycles. The number of hydrogen-bond acceptors (Lipinski definition) is 10. The van der Waals surface area contributed by atoms with Gasteiger partial charge in [-0.25, -0.2) is 24.1 Å². The largest absolute Gasteiger partial charge is 0.477 e. The van der Waals surface area contributed by atoms with Crippen LogP contribution in [0.4, 0.5) is 23.8 Å². The number of carbonyl (C=O) groups excluding carboxylic acids is 1. The minimum atomic E-state index is -4.72. The van der Waals surface area contributed by atoms with E-state index in [-0.39, 0.29) is 33.9 Å². The van der Waals surface area contributed by atoms with Crippen molar-refractivity contribution in [3.8, 4) is 21.7 Å². The first-order chi connectivity index (χ1) is 24.7. The number of carboxylic acids is 1. The summed E-state index contributed by atoms with van der Waals surface area (Å²) in [6.07, 6.45) is -2.20. The summed E-state index contributed by atoms with van der Waals surface area (Å²) in [4.78, 5) is 46.6. The summed E-state index contributed by atoms with van der Waals surface area (Å²) >= 11 is 0.724. The van der Waals surface area contributed by atoms with Crippen LogP contribution in [0.2, 0.25) is 0 Å². The van der Waals surface area contributed by atoms with Crippen LogP contribution in [0.15, 0.2) is 46.8 Å². The molecule has 3 N–H and O–H groups in total. The number of thiazole rings is 1. The van der Waals surface area contributed by atoms with Crippen LogP contribution in [-0.4, -0.2) is 56.0 Å². The van der Waals surface area contributed by atoms with Gasteiger partial charge < -0.3 is 15.0 Å². The molecule has 18 heteroatoms. The molecule has 1 aromatic carbocycles. The molecule has 0 saturated heterocycles. The number of pyridine rings is 2. The number of benzene rings is 1. The smallest absolute Gasteiger partial charge is 0.475 e. The van der Waals surface area contributed by atoms with Crippen LogP contribution >= 0.6 is 19.2 Å². The maximum absolute atomic E-state index is 14.0. The van der Waals surface area contributed by atoms with Crippen molar-refractivity contribution in [2.75, 3.05) is 18.5 Å². The minimum Gasteiger partial charge on any atom is -0.477 e. The highest BCUT2D eigenvalue weighted by Crippen LogP contribution is 2.56. The van der Waals surface area contributed by atoms with Gasteiger partial charge in [-0.15, -0.1) is 11.3 Å². The third kappa shape index (κ3) is 10.5. The molecule has 3 heterocycles. The minimum absolute atomic E-state index is 0.0240. The van der Waals surface area contributed by atoms with Gasteiger partial charge in [0.05, 0.1) is 29.4 Å². The Labute approximate surface area is 314 Å². The Hall–Kier alpha value is -4.15. The quantitative estimate of drug-likeness (QED) is 0.124. The summed E-state index contributed by atoms with van der Waals surface area (Å²) < 4.78 is 73.9. The number of nitrogens with zero attached hydrogens (tertiary/aromatic N) is 3. The number of carboxylic acid groups (broad SMARTS) is 1. The number of phosphoric acid groups is 1. The van der Waals surface area contributed by atoms with Crippen LogP contribution in [0.3, 0.4) is 0 Å². The number of aromatic carboxylic acids is 1. The molecule has 2 amide bonds. The Balaban J connectivity index is 1.93. The van der Waals surface area contributed by atoms with Gasteiger partial charge in [0.25, 0.3) is 0 Å². The van der Waals surface area contributed by atoms with Crippen LogP contribution in [0, 0.1) is 5.41 Å². The van der Waals surface area contributed by atoms with Gasteiger partial charge >= 0.3 is 26.0 Å². The van der Waals surface area contributed by atoms with Crippen molar-refractivity contribution >= 4 is 47.9 Å². The van der Waals surface area contributed by atoms with Crippen molar-refractivity contribution in [3.63, 3.8) is 0 Å². The van der Waals surface area contributed by atoms with Crippen LogP contribution < -0.4 is 16.1 Å². The summed E-state index contributed by atoms with van der Waals surface area (Å²) in [6, 6.07) is 4.62. The molecule has 0 bridgehead atoms. The molecule has 0 saturated carbocycles. The summed E-state index contributed by atoms with van der Waals surface area (Å²) in [5.41, 5.74) is -4.04. The molecule has 4 rings (SSSR count). The molecule has 3 aromatic heterocycles. The number of phosphoric ester groups is 1. The van der Waals surface area contributed by atoms with E-state index >= 15 is 0 Å². The normalized spacial score (nSPS) is 13.6. The number of anilines is 1. The summed E-state index contributed by atoms with van der Waals surface area (Å²) in [7, 11) is -4.22. The first-order valence-electron chi connectivity index (χ1n) is 16.9. The van der Waals surface area contributed by atoms with Crippen LogP contribution in [-0.2, 0) is 24.3 Å². The van der Waals surface area contributed by atoms with Crippen LogP contribution in [0.1, 0.15) is 91.3 Å². The van der Waals surface area contributed by atoms with Crippen LogP contribution in [0.5, 0.6) is 0 Å². The van der Waals surface area contributed by atoms with Gasteiger partial charge in [0.1, 0.15) is 16.4 Å². The van der Waals surface area contributed by atoms with E-state index in [9.17, 15) is 37.2 Å². The zero-order valence-electron chi connectivity index (χ0n) is 31.7. The lowest BCUT2D eigenvalue weighted by Crippen LogP contribution is -2.32. The van der Waals surface area contributed by atoms with Crippen LogP contribution in [0.25, 0.3) is 32.6 Å². The predicted molar refractivity (Wildman–Crippen MR) is 201 cm³/mol. The molecule has 0 radical (unpaired) electrons. The number of fused-ring (bicyclic) bond motifs is 1. The highest BCUT2D eigenvalue weighted by Gasteiger charge is 2.40. The summed E-state index contributed by atoms with van der Waals surface area (Å²) in [5, 5.41) is 16.0. The second-order valence-corrected chi connectivity index (χ2v) is 17.9. The SMILES string of the molecule is CCNC(=O)Nc1cc(-c2nc(C(F)(F)F)cs2)c(-c2ccc3c(c2)c(=O)c(C(=O)O)cn3C(COP(=O)(OC(C)(C)C)OC(C)(C)C)C(C)(C)C)cn1. The van der Waals surface area contributed by atoms with Crippen molar-refractivity contribution in [3.05, 3.63) is 63.5 Å². The second kappa shape index (κ2) is 15.5. The van der Waals surface area contributed by atoms with E-state index in [0.29, 0.717) is 17.6 Å². The molecular weight excluding hydrogens is 750 g/mol. The Kier molecular flexibility index (Phi) is 12.3. The summed E-state index contributed by atoms with van der Waals surface area (Å²) in [6.45, 7) is 17.5. The fraction of sp³-hybridized carbons (Fsp3) is 0.472. The summed E-state index contributed by atoms with van der Waals surface area (Å²) in [5.74, 6) is -1.48. The Morgan fingerprint density at radius 3 is 2.15 bits per heavy atom. The average molecular weight is 796 g/mol. The maximum Gasteiger partial charge on any atom is 0.475 e. The Morgan fingerprint density at radius 2 is 1.63 bits per heavy atom. The second-order valence-electron chi connectivity index (χ2n) is 15.5. The highest BCUT2D eigenvalue weighted by atomic mass is 32.1. The lowest BCUT2D eigenvalue weighted by Gasteiger charge is -2.36. The topological polar surface area (TPSA) is 171 Å². The predicted octanol–water partition coefficient (Wildman–Crippen LogP) is 9.39. The molecule has 0 aliphatic carbocycles. The molecular formula is C36H45F3N5O8PS. The maximum atomic E-state index is 14.0. The highest BCUT2D eigenvalue weighted by molar-refractivity contribution is 7.48. The molecule has 0 aliphatic rings. The fourth-order valence-corrected chi connectivity index (χ4v) is 8.03. The molecule has 1 unspecified atom stereocenters. The first kappa shape index (κ1) is 42.6. The zero-order chi connectivity index (χ0) is 40.6. The number of aromatic nitrogens is 3. The molecule has 0 fully saturated rings. The number of nitrogens with one attached hydrogen (secondary N) is 2. The Morgan fingerprint density at radius 1 is 1.00 bits per heavy atom. The third-order valence-electron chi connectivity index (χ3n) is 7.58. The van der Waals surface area contributed by atoms with Crippen molar-refractivity contribution in [2.45, 2.75) is 92.7 Å². The number of alkyl halides is 3. The van der Waals surface area contributed by atoms with Gasteiger partial charge in [0.15, 0.2) is 5.69 Å². The van der Waals surface area contributed by atoms with Gasteiger partial charge in [-0.3, -0.25) is 23.7 Å². The van der Waals surface area contributed by atoms with Crippen molar-refractivity contribution in [1.29, 1.82) is 0 Å². The zero-order valence-corrected chi connectivity index (χ0v) is 33.4. The number of carbonyl (C=O) groups is 2. The molecule has 4 aromatic rings. The fourth-order valence-electron chi connectivity index (χ4n) is 5.36. The van der Waals surface area contributed by atoms with E-state index in [1.54, 1.807) is 65.2 Å². The average Bonchev–Trinajstić information content (AvgIpc) is 3.51. The van der Waals surface area contributed by atoms with Gasteiger partial charge in [0.2, 0.25) is 5.43 Å². The first-order valence-corrected chi connectivity index (χ1v) is 19.2. The van der Waals surface area contributed by atoms with Gasteiger partial charge in [-0.2, -0.15) is 13.2 Å². The Bertz CT molecular complexity index is 2130. The molecule has 294 valence electrons. The number of urea groups is 1. The number of hydrogen-bond donors (Lipinski definition) is 3. The van der Waals surface area contributed by atoms with Gasteiger partial charge in [0, 0.05) is 40.8 Å². The monoisotopic (exact) mass is 795 g/mol. The van der Waals surface area contributed by atoms with E-state index in [1.165, 1.54) is 24.5 Å². The van der Waals surface area contributed by atoms with Crippen molar-refractivity contribution < 1.29 is 46.0 Å². The van der Waals surface area contributed by atoms with E-state index in [0.717, 1.165) is 16.7 Å². The standard InChI is InChI=1S/C36H45F3N5O8PS/c1-11-40-32(48)43-28-15-21(30-42-26(19-54-30)36(37,38)39)23(16-41-28)20-12-13-25-22(14-20)29(45)24(31(46)47)17-44(25)27(33(2,3)4)18-50-53(49,51-34(5,6)7)52-35(8,9)10/h12-17,19,27H,11,18H2,1-10H3,(H,46,47)(H2,40,41,43,48). The molecule has 0 spiro atoms. The molecule has 1 atom stereocenters. The van der Waals surface area contributed by atoms with Crippen molar-refractivity contribution in [2.24, 2.45) is 5.41 Å². The van der Waals surface area contributed by atoms with Crippen molar-refractivity contribution in [1.82, 2.24) is 19.9 Å². The lowest BCUT2D eigenvalue weighted by molar-refractivity contribution is -0.140. The van der Waals surface area contributed by atoms with Gasteiger partial charge in [-0.1, -0.05) is 26.8 Å².